The van der Waals surface area contributed by atoms with Crippen LogP contribution in [0.2, 0.25) is 0 Å². The van der Waals surface area contributed by atoms with Gasteiger partial charge in [0, 0.05) is 13.1 Å². The number of rotatable bonds is 8. The number of carbonyl (C=O) groups is 1. The van der Waals surface area contributed by atoms with Gasteiger partial charge in [-0.2, -0.15) is 0 Å². The summed E-state index contributed by atoms with van der Waals surface area (Å²) in [4.78, 5) is 13.1. The van der Waals surface area contributed by atoms with E-state index in [2.05, 4.69) is 10.6 Å². The van der Waals surface area contributed by atoms with Crippen molar-refractivity contribution < 1.29 is 4.79 Å². The zero-order valence-electron chi connectivity index (χ0n) is 13.7. The van der Waals surface area contributed by atoms with E-state index >= 15 is 0 Å². The number of hydrogen-bond donors (Lipinski definition) is 2. The summed E-state index contributed by atoms with van der Waals surface area (Å²) >= 11 is 0. The van der Waals surface area contributed by atoms with Gasteiger partial charge >= 0.3 is 0 Å². The predicted octanol–water partition coefficient (Wildman–Crippen LogP) is 2.98. The highest BCUT2D eigenvalue weighted by molar-refractivity contribution is 5.92. The molecule has 0 saturated heterocycles. The lowest BCUT2D eigenvalue weighted by atomic mass is 9.83. The molecule has 124 valence electrons. The molecule has 0 bridgehead atoms. The first-order chi connectivity index (χ1) is 10.8. The van der Waals surface area contributed by atoms with E-state index in [4.69, 9.17) is 0 Å². The van der Waals surface area contributed by atoms with Crippen LogP contribution in [0.4, 0.5) is 0 Å². The molecule has 0 amide bonds. The number of hydrogen-bond acceptors (Lipinski definition) is 3. The Morgan fingerprint density at radius 2 is 1.13 bits per heavy atom. The summed E-state index contributed by atoms with van der Waals surface area (Å²) < 4.78 is 0. The molecule has 0 aliphatic heterocycles. The Bertz CT molecular complexity index is 523. The summed E-state index contributed by atoms with van der Waals surface area (Å²) in [6.07, 6.45) is 0. The second kappa shape index (κ2) is 10.2. The molecule has 2 N–H and O–H groups in total. The van der Waals surface area contributed by atoms with Crippen molar-refractivity contribution in [2.24, 2.45) is 0 Å². The summed E-state index contributed by atoms with van der Waals surface area (Å²) in [6.45, 7) is 1.30. The van der Waals surface area contributed by atoms with Crippen LogP contribution >= 0.6 is 12.4 Å². The van der Waals surface area contributed by atoms with Crippen LogP contribution in [0, 0.1) is 0 Å². The van der Waals surface area contributed by atoms with Crippen molar-refractivity contribution >= 4 is 18.2 Å². The van der Waals surface area contributed by atoms with E-state index < -0.39 is 0 Å². The van der Waals surface area contributed by atoms with Gasteiger partial charge in [-0.1, -0.05) is 60.7 Å². The van der Waals surface area contributed by atoms with Gasteiger partial charge in [-0.3, -0.25) is 4.79 Å². The first-order valence-electron chi connectivity index (χ1n) is 7.70. The average molecular weight is 333 g/mol. The lowest BCUT2D eigenvalue weighted by Crippen LogP contribution is -2.32. The Kier molecular flexibility index (Phi) is 8.56. The molecule has 23 heavy (non-hydrogen) atoms. The zero-order chi connectivity index (χ0) is 15.8. The van der Waals surface area contributed by atoms with Gasteiger partial charge in [-0.15, -0.1) is 12.4 Å². The minimum absolute atomic E-state index is 0. The lowest BCUT2D eigenvalue weighted by Gasteiger charge is -2.23. The summed E-state index contributed by atoms with van der Waals surface area (Å²) in [6, 6.07) is 20.0. The zero-order valence-corrected chi connectivity index (χ0v) is 14.5. The molecule has 0 radical (unpaired) electrons. The van der Waals surface area contributed by atoms with E-state index in [1.165, 1.54) is 0 Å². The second-order valence-electron chi connectivity index (χ2n) is 5.44. The molecule has 0 aliphatic rings. The van der Waals surface area contributed by atoms with Gasteiger partial charge in [0.25, 0.3) is 0 Å². The highest BCUT2D eigenvalue weighted by atomic mass is 35.5. The fraction of sp³-hybridized carbons (Fsp3) is 0.316. The van der Waals surface area contributed by atoms with E-state index in [9.17, 15) is 4.79 Å². The maximum atomic E-state index is 13.1. The van der Waals surface area contributed by atoms with Crippen molar-refractivity contribution in [3.63, 3.8) is 0 Å². The number of Topliss-reactive ketones (excluding diaryl/α,β-unsaturated/α-hetero) is 1. The minimum atomic E-state index is -0.134. The largest absolute Gasteiger partial charge is 0.319 e. The first-order valence-corrected chi connectivity index (χ1v) is 7.70. The Balaban J connectivity index is 0.00000264. The number of benzene rings is 2. The quantitative estimate of drug-likeness (QED) is 0.781. The van der Waals surface area contributed by atoms with Crippen LogP contribution in [0.5, 0.6) is 0 Å². The number of likely N-dealkylation sites (N-methyl/N-ethyl adjacent to an activating group) is 2. The minimum Gasteiger partial charge on any atom is -0.319 e. The molecule has 2 aromatic rings. The van der Waals surface area contributed by atoms with Gasteiger partial charge < -0.3 is 10.6 Å². The highest BCUT2D eigenvalue weighted by Crippen LogP contribution is 2.26. The fourth-order valence-corrected chi connectivity index (χ4v) is 2.79. The lowest BCUT2D eigenvalue weighted by molar-refractivity contribution is -0.121. The van der Waals surface area contributed by atoms with Gasteiger partial charge in [0.2, 0.25) is 0 Å². The van der Waals surface area contributed by atoms with Crippen LogP contribution in [0.25, 0.3) is 0 Å². The molecule has 0 heterocycles. The van der Waals surface area contributed by atoms with Crippen molar-refractivity contribution in [1.29, 1.82) is 0 Å². The molecule has 3 nitrogen and oxygen atoms in total. The maximum absolute atomic E-state index is 13.1. The molecule has 0 aromatic heterocycles. The van der Waals surface area contributed by atoms with Crippen LogP contribution in [-0.2, 0) is 4.79 Å². The SMILES string of the molecule is CNCC(C(=O)C(CNC)c1ccccc1)c1ccccc1.Cl. The molecule has 2 unspecified atom stereocenters. The third-order valence-electron chi connectivity index (χ3n) is 3.91. The van der Waals surface area contributed by atoms with Crippen LogP contribution in [0.15, 0.2) is 60.7 Å². The van der Waals surface area contributed by atoms with Gasteiger partial charge in [0.15, 0.2) is 0 Å². The smallest absolute Gasteiger partial charge is 0.150 e. The predicted molar refractivity (Wildman–Crippen MR) is 98.5 cm³/mol. The van der Waals surface area contributed by atoms with Crippen molar-refractivity contribution in [2.45, 2.75) is 11.8 Å². The Morgan fingerprint density at radius 1 is 0.783 bits per heavy atom. The van der Waals surface area contributed by atoms with Gasteiger partial charge in [-0.05, 0) is 25.2 Å². The Hall–Kier alpha value is -1.68. The van der Waals surface area contributed by atoms with Crippen LogP contribution in [0.3, 0.4) is 0 Å². The molecule has 0 fully saturated rings. The summed E-state index contributed by atoms with van der Waals surface area (Å²) in [7, 11) is 3.78. The molecular weight excluding hydrogens is 308 g/mol. The fourth-order valence-electron chi connectivity index (χ4n) is 2.79. The number of nitrogens with one attached hydrogen (secondary N) is 2. The number of halogens is 1. The topological polar surface area (TPSA) is 41.1 Å². The maximum Gasteiger partial charge on any atom is 0.150 e. The van der Waals surface area contributed by atoms with E-state index in [0.717, 1.165) is 11.1 Å². The third kappa shape index (κ3) is 5.17. The van der Waals surface area contributed by atoms with E-state index in [0.29, 0.717) is 13.1 Å². The van der Waals surface area contributed by atoms with Gasteiger partial charge in [-0.25, -0.2) is 0 Å². The molecule has 4 heteroatoms. The summed E-state index contributed by atoms with van der Waals surface area (Å²) in [5.74, 6) is -0.0180. The van der Waals surface area contributed by atoms with E-state index in [1.54, 1.807) is 0 Å². The molecular formula is C19H25ClN2O. The van der Waals surface area contributed by atoms with Crippen molar-refractivity contribution in [3.05, 3.63) is 71.8 Å². The van der Waals surface area contributed by atoms with Gasteiger partial charge in [0.05, 0.1) is 11.8 Å². The second-order valence-corrected chi connectivity index (χ2v) is 5.44. The number of ketones is 1. The Morgan fingerprint density at radius 3 is 1.43 bits per heavy atom. The molecule has 2 aromatic carbocycles. The highest BCUT2D eigenvalue weighted by Gasteiger charge is 2.28. The first kappa shape index (κ1) is 19.4. The van der Waals surface area contributed by atoms with Crippen molar-refractivity contribution in [3.8, 4) is 0 Å². The summed E-state index contributed by atoms with van der Waals surface area (Å²) in [5, 5.41) is 6.31. The monoisotopic (exact) mass is 332 g/mol. The van der Waals surface area contributed by atoms with E-state index in [1.807, 2.05) is 74.8 Å². The molecule has 2 rings (SSSR count). The van der Waals surface area contributed by atoms with E-state index in [-0.39, 0.29) is 30.0 Å². The molecule has 0 aliphatic carbocycles. The van der Waals surface area contributed by atoms with Crippen LogP contribution < -0.4 is 10.6 Å². The Labute approximate surface area is 144 Å². The standard InChI is InChI=1S/C19H24N2O.ClH/c1-20-13-17(15-9-5-3-6-10-15)19(22)18(14-21-2)16-11-7-4-8-12-16;/h3-12,17-18,20-21H,13-14H2,1-2H3;1H. The van der Waals surface area contributed by atoms with Crippen LogP contribution in [-0.4, -0.2) is 33.0 Å². The average Bonchev–Trinajstić information content (AvgIpc) is 2.58. The molecule has 2 atom stereocenters. The third-order valence-corrected chi connectivity index (χ3v) is 3.91. The van der Waals surface area contributed by atoms with Crippen molar-refractivity contribution in [2.75, 3.05) is 27.2 Å². The number of carbonyl (C=O) groups excluding carboxylic acids is 1. The normalized spacial score (nSPS) is 13.0. The van der Waals surface area contributed by atoms with Crippen LogP contribution in [0.1, 0.15) is 23.0 Å². The summed E-state index contributed by atoms with van der Waals surface area (Å²) in [5.41, 5.74) is 2.14. The van der Waals surface area contributed by atoms with Crippen molar-refractivity contribution in [1.82, 2.24) is 10.6 Å². The van der Waals surface area contributed by atoms with Gasteiger partial charge in [0.1, 0.15) is 5.78 Å². The molecule has 0 saturated carbocycles. The molecule has 0 spiro atoms.